The molecule has 0 aliphatic carbocycles. The summed E-state index contributed by atoms with van der Waals surface area (Å²) in [6, 6.07) is 2.83. The van der Waals surface area contributed by atoms with Gasteiger partial charge in [-0.25, -0.2) is 0 Å². The van der Waals surface area contributed by atoms with Crippen LogP contribution in [-0.4, -0.2) is 44.1 Å². The summed E-state index contributed by atoms with van der Waals surface area (Å²) in [5, 5.41) is 11.3. The summed E-state index contributed by atoms with van der Waals surface area (Å²) in [6.45, 7) is 1.45. The fourth-order valence-corrected chi connectivity index (χ4v) is 1.65. The molecule has 0 heterocycles. The second-order valence-electron chi connectivity index (χ2n) is 4.34. The number of anilines is 2. The van der Waals surface area contributed by atoms with Crippen LogP contribution >= 0.6 is 11.6 Å². The Morgan fingerprint density at radius 3 is 2.37 bits per heavy atom. The standard InChI is InChI=1S/C11H17ClN4O2.CH4/c1-14(2)4-5-15(3)10-6-8(12)9(13)7-11(10)16(17)18;/h6-7H,4-5,13H2,1-3H3;1H4. The largest absolute Gasteiger partial charge is 0.397 e. The van der Waals surface area contributed by atoms with Gasteiger partial charge in [0.15, 0.2) is 0 Å². The molecule has 1 rings (SSSR count). The van der Waals surface area contributed by atoms with E-state index in [0.29, 0.717) is 17.3 Å². The van der Waals surface area contributed by atoms with E-state index in [4.69, 9.17) is 17.3 Å². The third-order valence-corrected chi connectivity index (χ3v) is 2.91. The van der Waals surface area contributed by atoms with Crippen molar-refractivity contribution >= 4 is 28.7 Å². The number of nitrogens with two attached hydrogens (primary N) is 1. The van der Waals surface area contributed by atoms with E-state index in [-0.39, 0.29) is 18.8 Å². The van der Waals surface area contributed by atoms with E-state index in [9.17, 15) is 10.1 Å². The summed E-state index contributed by atoms with van der Waals surface area (Å²) in [5.41, 5.74) is 6.25. The molecule has 0 atom stereocenters. The highest BCUT2D eigenvalue weighted by Gasteiger charge is 2.19. The van der Waals surface area contributed by atoms with Gasteiger partial charge in [-0.1, -0.05) is 19.0 Å². The highest BCUT2D eigenvalue weighted by molar-refractivity contribution is 6.33. The average molecular weight is 289 g/mol. The molecule has 0 saturated heterocycles. The van der Waals surface area contributed by atoms with E-state index in [1.807, 2.05) is 19.0 Å². The van der Waals surface area contributed by atoms with E-state index in [2.05, 4.69) is 0 Å². The van der Waals surface area contributed by atoms with Gasteiger partial charge >= 0.3 is 0 Å². The normalized spacial score (nSPS) is 10.2. The van der Waals surface area contributed by atoms with Crippen molar-refractivity contribution in [3.8, 4) is 0 Å². The minimum absolute atomic E-state index is 0. The summed E-state index contributed by atoms with van der Waals surface area (Å²) >= 11 is 5.91. The molecule has 1 aromatic carbocycles. The molecule has 0 aliphatic heterocycles. The maximum Gasteiger partial charge on any atom is 0.294 e. The van der Waals surface area contributed by atoms with Crippen molar-refractivity contribution in [2.75, 3.05) is 44.9 Å². The van der Waals surface area contributed by atoms with Crippen LogP contribution in [0.5, 0.6) is 0 Å². The van der Waals surface area contributed by atoms with Crippen molar-refractivity contribution in [2.45, 2.75) is 7.43 Å². The molecule has 0 aromatic heterocycles. The Labute approximate surface area is 118 Å². The second kappa shape index (κ2) is 7.16. The summed E-state index contributed by atoms with van der Waals surface area (Å²) in [4.78, 5) is 14.3. The summed E-state index contributed by atoms with van der Waals surface area (Å²) in [7, 11) is 5.68. The number of nitro groups is 1. The zero-order chi connectivity index (χ0) is 13.9. The number of nitrogen functional groups attached to an aromatic ring is 1. The average Bonchev–Trinajstić information content (AvgIpc) is 2.28. The van der Waals surface area contributed by atoms with Gasteiger partial charge in [0.05, 0.1) is 15.6 Å². The molecule has 0 fully saturated rings. The highest BCUT2D eigenvalue weighted by Crippen LogP contribution is 2.34. The van der Waals surface area contributed by atoms with Crippen LogP contribution in [-0.2, 0) is 0 Å². The first-order valence-electron chi connectivity index (χ1n) is 5.42. The molecule has 6 nitrogen and oxygen atoms in total. The molecule has 0 spiro atoms. The lowest BCUT2D eigenvalue weighted by Crippen LogP contribution is -2.28. The molecule has 2 N–H and O–H groups in total. The van der Waals surface area contributed by atoms with Crippen LogP contribution in [0.3, 0.4) is 0 Å². The highest BCUT2D eigenvalue weighted by atomic mass is 35.5. The maximum atomic E-state index is 11.0. The maximum absolute atomic E-state index is 11.0. The number of likely N-dealkylation sites (N-methyl/N-ethyl adjacent to an activating group) is 2. The minimum atomic E-state index is -0.450. The molecule has 0 aliphatic rings. The SMILES string of the molecule is C.CN(C)CCN(C)c1cc(Cl)c(N)cc1[N+](=O)[O-]. The lowest BCUT2D eigenvalue weighted by molar-refractivity contribution is -0.384. The van der Waals surface area contributed by atoms with Gasteiger partial charge in [0.2, 0.25) is 0 Å². The molecule has 0 saturated carbocycles. The van der Waals surface area contributed by atoms with Crippen molar-refractivity contribution in [2.24, 2.45) is 0 Å². The van der Waals surface area contributed by atoms with Crippen LogP contribution < -0.4 is 10.6 Å². The summed E-state index contributed by atoms with van der Waals surface area (Å²) in [5.74, 6) is 0. The van der Waals surface area contributed by atoms with Gasteiger partial charge < -0.3 is 15.5 Å². The van der Waals surface area contributed by atoms with Gasteiger partial charge in [-0.2, -0.15) is 0 Å². The lowest BCUT2D eigenvalue weighted by Gasteiger charge is -2.21. The Bertz CT molecular complexity index is 452. The van der Waals surface area contributed by atoms with Gasteiger partial charge in [0.25, 0.3) is 5.69 Å². The van der Waals surface area contributed by atoms with Crippen LogP contribution in [0.15, 0.2) is 12.1 Å². The molecule has 0 amide bonds. The number of nitro benzene ring substituents is 1. The Hall–Kier alpha value is -1.53. The number of hydrogen-bond donors (Lipinski definition) is 1. The van der Waals surface area contributed by atoms with Crippen molar-refractivity contribution in [1.29, 1.82) is 0 Å². The Kier molecular flexibility index (Phi) is 6.58. The smallest absolute Gasteiger partial charge is 0.294 e. The molecular formula is C12H21ClN4O2. The fourth-order valence-electron chi connectivity index (χ4n) is 1.49. The van der Waals surface area contributed by atoms with Gasteiger partial charge in [-0.15, -0.1) is 0 Å². The molecule has 0 radical (unpaired) electrons. The summed E-state index contributed by atoms with van der Waals surface area (Å²) in [6.07, 6.45) is 0. The number of hydrogen-bond acceptors (Lipinski definition) is 5. The Balaban J connectivity index is 0.00000324. The van der Waals surface area contributed by atoms with Crippen molar-refractivity contribution in [3.05, 3.63) is 27.3 Å². The van der Waals surface area contributed by atoms with Crippen LogP contribution in [0.1, 0.15) is 7.43 Å². The lowest BCUT2D eigenvalue weighted by atomic mass is 10.2. The van der Waals surface area contributed by atoms with Crippen LogP contribution in [0.25, 0.3) is 0 Å². The molecule has 19 heavy (non-hydrogen) atoms. The molecular weight excluding hydrogens is 268 g/mol. The first kappa shape index (κ1) is 17.5. The first-order chi connectivity index (χ1) is 8.32. The molecule has 0 bridgehead atoms. The third-order valence-electron chi connectivity index (χ3n) is 2.58. The predicted octanol–water partition coefficient (Wildman–Crippen LogP) is 2.46. The van der Waals surface area contributed by atoms with Crippen molar-refractivity contribution in [1.82, 2.24) is 4.90 Å². The topological polar surface area (TPSA) is 75.6 Å². The Morgan fingerprint density at radius 1 is 1.32 bits per heavy atom. The van der Waals surface area contributed by atoms with Crippen LogP contribution in [0.4, 0.5) is 17.1 Å². The fraction of sp³-hybridized carbons (Fsp3) is 0.500. The quantitative estimate of drug-likeness (QED) is 0.512. The molecule has 1 aromatic rings. The zero-order valence-electron chi connectivity index (χ0n) is 10.7. The third kappa shape index (κ3) is 4.57. The predicted molar refractivity (Wildman–Crippen MR) is 81.1 cm³/mol. The van der Waals surface area contributed by atoms with Crippen LogP contribution in [0, 0.1) is 10.1 Å². The monoisotopic (exact) mass is 288 g/mol. The minimum Gasteiger partial charge on any atom is -0.397 e. The van der Waals surface area contributed by atoms with Gasteiger partial charge in [-0.3, -0.25) is 10.1 Å². The molecule has 108 valence electrons. The number of benzene rings is 1. The number of halogens is 1. The van der Waals surface area contributed by atoms with E-state index < -0.39 is 4.92 Å². The second-order valence-corrected chi connectivity index (χ2v) is 4.75. The summed E-state index contributed by atoms with van der Waals surface area (Å²) < 4.78 is 0. The molecule has 0 unspecified atom stereocenters. The van der Waals surface area contributed by atoms with Crippen molar-refractivity contribution in [3.63, 3.8) is 0 Å². The van der Waals surface area contributed by atoms with Gasteiger partial charge in [0, 0.05) is 26.2 Å². The number of rotatable bonds is 5. The first-order valence-corrected chi connectivity index (χ1v) is 5.80. The number of nitrogens with zero attached hydrogens (tertiary/aromatic N) is 3. The van der Waals surface area contributed by atoms with Gasteiger partial charge in [0.1, 0.15) is 5.69 Å². The van der Waals surface area contributed by atoms with E-state index >= 15 is 0 Å². The van der Waals surface area contributed by atoms with Crippen LogP contribution in [0.2, 0.25) is 5.02 Å². The Morgan fingerprint density at radius 2 is 1.89 bits per heavy atom. The van der Waals surface area contributed by atoms with E-state index in [1.165, 1.54) is 12.1 Å². The van der Waals surface area contributed by atoms with Gasteiger partial charge in [-0.05, 0) is 20.2 Å². The van der Waals surface area contributed by atoms with E-state index in [1.54, 1.807) is 11.9 Å². The molecule has 7 heteroatoms. The van der Waals surface area contributed by atoms with Crippen molar-refractivity contribution < 1.29 is 4.92 Å². The van der Waals surface area contributed by atoms with E-state index in [0.717, 1.165) is 6.54 Å². The zero-order valence-corrected chi connectivity index (χ0v) is 11.4.